The molecule has 16 heavy (non-hydrogen) atoms. The van der Waals surface area contributed by atoms with E-state index in [2.05, 4.69) is 39.8 Å². The molecule has 0 unspecified atom stereocenters. The first kappa shape index (κ1) is 13.4. The van der Waals surface area contributed by atoms with E-state index in [-0.39, 0.29) is 0 Å². The molecule has 0 saturated carbocycles. The molecule has 0 aliphatic heterocycles. The quantitative estimate of drug-likeness (QED) is 0.510. The molecular weight excluding hydrogens is 224 g/mol. The second-order valence-electron chi connectivity index (χ2n) is 3.79. The number of rotatable bonds is 8. The third-order valence-corrected chi connectivity index (χ3v) is 3.10. The van der Waals surface area contributed by atoms with Crippen LogP contribution in [-0.2, 0) is 6.54 Å². The molecule has 1 rings (SSSR count). The molecule has 0 radical (unpaired) electrons. The van der Waals surface area contributed by atoms with Crippen molar-refractivity contribution < 1.29 is 0 Å². The molecule has 0 spiro atoms. The van der Waals surface area contributed by atoms with E-state index in [4.69, 9.17) is 0 Å². The summed E-state index contributed by atoms with van der Waals surface area (Å²) < 4.78 is 1.84. The Morgan fingerprint density at radius 1 is 1.44 bits per heavy atom. The molecule has 1 aromatic rings. The fourth-order valence-corrected chi connectivity index (χ4v) is 2.03. The number of tetrazole rings is 1. The number of aromatic nitrogens is 4. The van der Waals surface area contributed by atoms with Crippen LogP contribution in [0.25, 0.3) is 0 Å². The molecule has 7 heteroatoms. The topological polar surface area (TPSA) is 58.9 Å². The van der Waals surface area contributed by atoms with Gasteiger partial charge in [-0.1, -0.05) is 11.8 Å². The maximum Gasteiger partial charge on any atom is 0.209 e. The van der Waals surface area contributed by atoms with Crippen molar-refractivity contribution in [1.82, 2.24) is 30.4 Å². The zero-order valence-corrected chi connectivity index (χ0v) is 11.0. The normalized spacial score (nSPS) is 11.2. The van der Waals surface area contributed by atoms with E-state index in [1.165, 1.54) is 0 Å². The van der Waals surface area contributed by atoms with Crippen LogP contribution >= 0.6 is 11.8 Å². The molecule has 6 nitrogen and oxygen atoms in total. The van der Waals surface area contributed by atoms with Crippen LogP contribution in [0.5, 0.6) is 0 Å². The van der Waals surface area contributed by atoms with Crippen LogP contribution in [-0.4, -0.2) is 65.1 Å². The van der Waals surface area contributed by atoms with Gasteiger partial charge in [0.2, 0.25) is 5.16 Å². The van der Waals surface area contributed by atoms with Crippen molar-refractivity contribution in [2.45, 2.75) is 18.1 Å². The minimum Gasteiger partial charge on any atom is -0.318 e. The van der Waals surface area contributed by atoms with E-state index in [1.54, 1.807) is 11.8 Å². The van der Waals surface area contributed by atoms with Crippen molar-refractivity contribution in [1.29, 1.82) is 0 Å². The van der Waals surface area contributed by atoms with Crippen LogP contribution < -0.4 is 5.32 Å². The molecule has 92 valence electrons. The number of hydrogen-bond donors (Lipinski definition) is 1. The smallest absolute Gasteiger partial charge is 0.209 e. The summed E-state index contributed by atoms with van der Waals surface area (Å²) in [6.07, 6.45) is 1.15. The fraction of sp³-hybridized carbons (Fsp3) is 0.889. The van der Waals surface area contributed by atoms with Crippen molar-refractivity contribution >= 4 is 11.8 Å². The Morgan fingerprint density at radius 3 is 2.94 bits per heavy atom. The maximum absolute atomic E-state index is 4.01. The van der Waals surface area contributed by atoms with Crippen LogP contribution in [0.15, 0.2) is 5.16 Å². The van der Waals surface area contributed by atoms with Gasteiger partial charge in [0.25, 0.3) is 0 Å². The van der Waals surface area contributed by atoms with E-state index in [9.17, 15) is 0 Å². The molecule has 0 saturated heterocycles. The molecule has 1 heterocycles. The van der Waals surface area contributed by atoms with Gasteiger partial charge in [-0.2, -0.15) is 0 Å². The highest BCUT2D eigenvalue weighted by molar-refractivity contribution is 7.99. The highest BCUT2D eigenvalue weighted by atomic mass is 32.2. The van der Waals surface area contributed by atoms with Crippen LogP contribution in [0.1, 0.15) is 6.42 Å². The van der Waals surface area contributed by atoms with Gasteiger partial charge in [-0.05, 0) is 44.5 Å². The Kier molecular flexibility index (Phi) is 6.36. The first-order valence-electron chi connectivity index (χ1n) is 5.42. The molecule has 1 aromatic heterocycles. The summed E-state index contributed by atoms with van der Waals surface area (Å²) in [4.78, 5) is 2.19. The second kappa shape index (κ2) is 7.59. The third-order valence-electron chi connectivity index (χ3n) is 2.05. The van der Waals surface area contributed by atoms with Crippen molar-refractivity contribution in [3.63, 3.8) is 0 Å². The first-order chi connectivity index (χ1) is 7.74. The molecule has 0 atom stereocenters. The zero-order valence-electron chi connectivity index (χ0n) is 10.2. The van der Waals surface area contributed by atoms with E-state index in [1.807, 2.05) is 11.7 Å². The molecule has 0 amide bonds. The highest BCUT2D eigenvalue weighted by Gasteiger charge is 2.05. The van der Waals surface area contributed by atoms with E-state index in [0.29, 0.717) is 0 Å². The highest BCUT2D eigenvalue weighted by Crippen LogP contribution is 2.14. The monoisotopic (exact) mass is 244 g/mol. The van der Waals surface area contributed by atoms with Gasteiger partial charge < -0.3 is 10.2 Å². The Morgan fingerprint density at radius 2 is 2.25 bits per heavy atom. The van der Waals surface area contributed by atoms with Gasteiger partial charge in [-0.15, -0.1) is 5.10 Å². The predicted octanol–water partition coefficient (Wildman–Crippen LogP) is -0.0637. The van der Waals surface area contributed by atoms with E-state index >= 15 is 0 Å². The van der Waals surface area contributed by atoms with Crippen LogP contribution in [0, 0.1) is 0 Å². The second-order valence-corrected chi connectivity index (χ2v) is 4.86. The summed E-state index contributed by atoms with van der Waals surface area (Å²) in [5, 5.41) is 15.6. The predicted molar refractivity (Wildman–Crippen MR) is 65.6 cm³/mol. The van der Waals surface area contributed by atoms with Gasteiger partial charge in [0, 0.05) is 12.3 Å². The van der Waals surface area contributed by atoms with Gasteiger partial charge in [-0.3, -0.25) is 0 Å². The molecule has 0 fully saturated rings. The Bertz CT molecular complexity index is 287. The maximum atomic E-state index is 4.01. The largest absolute Gasteiger partial charge is 0.318 e. The van der Waals surface area contributed by atoms with Gasteiger partial charge >= 0.3 is 0 Å². The molecular formula is C9H20N6S. The van der Waals surface area contributed by atoms with Crippen LogP contribution in [0.4, 0.5) is 0 Å². The number of likely N-dealkylation sites (N-methyl/N-ethyl adjacent to an activating group) is 1. The Balaban J connectivity index is 2.27. The number of nitrogens with zero attached hydrogens (tertiary/aromatic N) is 5. The van der Waals surface area contributed by atoms with Crippen molar-refractivity contribution in [3.8, 4) is 0 Å². The van der Waals surface area contributed by atoms with Gasteiger partial charge in [0.15, 0.2) is 0 Å². The Hall–Kier alpha value is -0.660. The summed E-state index contributed by atoms with van der Waals surface area (Å²) in [7, 11) is 6.09. The van der Waals surface area contributed by atoms with Gasteiger partial charge in [-0.25, -0.2) is 4.68 Å². The van der Waals surface area contributed by atoms with Crippen LogP contribution in [0.3, 0.4) is 0 Å². The van der Waals surface area contributed by atoms with Crippen molar-refractivity contribution in [2.24, 2.45) is 0 Å². The SMILES string of the molecule is CNCCn1nnnc1SCCCN(C)C. The lowest BCUT2D eigenvalue weighted by Gasteiger charge is -2.08. The molecule has 1 N–H and O–H groups in total. The lowest BCUT2D eigenvalue weighted by molar-refractivity contribution is 0.410. The van der Waals surface area contributed by atoms with E-state index in [0.717, 1.165) is 37.0 Å². The third kappa shape index (κ3) is 4.91. The van der Waals surface area contributed by atoms with Crippen LogP contribution in [0.2, 0.25) is 0 Å². The average Bonchev–Trinajstić information content (AvgIpc) is 2.69. The standard InChI is InChI=1S/C9H20N6S/c1-10-5-7-15-9(11-12-13-15)16-8-4-6-14(2)3/h10H,4-8H2,1-3H3. The number of nitrogens with one attached hydrogen (secondary N) is 1. The summed E-state index contributed by atoms with van der Waals surface area (Å²) in [5.74, 6) is 1.05. The van der Waals surface area contributed by atoms with Gasteiger partial charge in [0.1, 0.15) is 0 Å². The van der Waals surface area contributed by atoms with Gasteiger partial charge in [0.05, 0.1) is 6.54 Å². The number of thioether (sulfide) groups is 1. The summed E-state index contributed by atoms with van der Waals surface area (Å²) in [6.45, 7) is 2.81. The van der Waals surface area contributed by atoms with Crippen molar-refractivity contribution in [3.05, 3.63) is 0 Å². The summed E-state index contributed by atoms with van der Waals surface area (Å²) in [5.41, 5.74) is 0. The minimum atomic E-state index is 0.819. The molecule has 0 aliphatic rings. The fourth-order valence-electron chi connectivity index (χ4n) is 1.20. The summed E-state index contributed by atoms with van der Waals surface area (Å²) >= 11 is 1.72. The van der Waals surface area contributed by atoms with Crippen molar-refractivity contribution in [2.75, 3.05) is 40.0 Å². The lowest BCUT2D eigenvalue weighted by Crippen LogP contribution is -2.17. The minimum absolute atomic E-state index is 0.819. The summed E-state index contributed by atoms with van der Waals surface area (Å²) in [6, 6.07) is 0. The molecule has 0 aliphatic carbocycles. The first-order valence-corrected chi connectivity index (χ1v) is 6.41. The average molecular weight is 244 g/mol. The molecule has 0 bridgehead atoms. The number of hydrogen-bond acceptors (Lipinski definition) is 6. The Labute approximate surface area is 101 Å². The lowest BCUT2D eigenvalue weighted by atomic mass is 10.5. The zero-order chi connectivity index (χ0) is 11.8. The van der Waals surface area contributed by atoms with E-state index < -0.39 is 0 Å². The molecule has 0 aromatic carbocycles.